The predicted octanol–water partition coefficient (Wildman–Crippen LogP) is 2.85. The number of hydrogen-bond donors (Lipinski definition) is 1. The van der Waals surface area contributed by atoms with Gasteiger partial charge in [0.15, 0.2) is 5.82 Å². The minimum atomic E-state index is -0.0708. The molecule has 1 amide bonds. The zero-order chi connectivity index (χ0) is 15.5. The Morgan fingerprint density at radius 2 is 2.09 bits per heavy atom. The molecule has 5 nitrogen and oxygen atoms in total. The molecule has 1 fully saturated rings. The van der Waals surface area contributed by atoms with Gasteiger partial charge in [-0.2, -0.15) is 0 Å². The van der Waals surface area contributed by atoms with Crippen LogP contribution in [-0.2, 0) is 9.53 Å². The highest BCUT2D eigenvalue weighted by Gasteiger charge is 2.22. The van der Waals surface area contributed by atoms with E-state index in [-0.39, 0.29) is 11.8 Å². The van der Waals surface area contributed by atoms with Crippen LogP contribution in [-0.4, -0.2) is 28.9 Å². The fraction of sp³-hybridized carbons (Fsp3) is 0.412. The molecule has 116 valence electrons. The summed E-state index contributed by atoms with van der Waals surface area (Å²) in [4.78, 5) is 12.2. The Morgan fingerprint density at radius 3 is 2.77 bits per heavy atom. The molecule has 0 spiro atoms. The molecule has 0 radical (unpaired) electrons. The Morgan fingerprint density at radius 1 is 1.32 bits per heavy atom. The van der Waals surface area contributed by atoms with Crippen LogP contribution in [0.1, 0.15) is 24.1 Å². The molecular formula is C17H21N3O2. The lowest BCUT2D eigenvalue weighted by Gasteiger charge is -2.20. The molecule has 1 N–H and O–H groups in total. The molecule has 22 heavy (non-hydrogen) atoms. The highest BCUT2D eigenvalue weighted by Crippen LogP contribution is 2.19. The normalized spacial score (nSPS) is 18.2. The van der Waals surface area contributed by atoms with Gasteiger partial charge in [0, 0.05) is 18.4 Å². The molecule has 1 atom stereocenters. The molecule has 1 aromatic carbocycles. The summed E-state index contributed by atoms with van der Waals surface area (Å²) < 4.78 is 7.20. The zero-order valence-corrected chi connectivity index (χ0v) is 13.0. The second-order valence-corrected chi connectivity index (χ2v) is 5.82. The van der Waals surface area contributed by atoms with Crippen molar-refractivity contribution in [2.24, 2.45) is 5.92 Å². The lowest BCUT2D eigenvalue weighted by molar-refractivity contribution is -0.123. The summed E-state index contributed by atoms with van der Waals surface area (Å²) in [5.41, 5.74) is 3.18. The molecule has 3 rings (SSSR count). The number of aryl methyl sites for hydroxylation is 2. The summed E-state index contributed by atoms with van der Waals surface area (Å²) in [6.07, 6.45) is 1.82. The molecule has 2 aromatic rings. The van der Waals surface area contributed by atoms with Crippen LogP contribution in [0.15, 0.2) is 30.3 Å². The van der Waals surface area contributed by atoms with E-state index in [4.69, 9.17) is 4.74 Å². The van der Waals surface area contributed by atoms with E-state index in [1.165, 1.54) is 5.56 Å². The van der Waals surface area contributed by atoms with E-state index in [1.54, 1.807) is 0 Å². The van der Waals surface area contributed by atoms with Gasteiger partial charge in [0.05, 0.1) is 18.2 Å². The van der Waals surface area contributed by atoms with Crippen molar-refractivity contribution >= 4 is 11.7 Å². The molecule has 0 aliphatic carbocycles. The van der Waals surface area contributed by atoms with E-state index >= 15 is 0 Å². The minimum absolute atomic E-state index is 0.00624. The third kappa shape index (κ3) is 3.20. The number of benzene rings is 1. The Labute approximate surface area is 130 Å². The fourth-order valence-corrected chi connectivity index (χ4v) is 2.66. The lowest BCUT2D eigenvalue weighted by Crippen LogP contribution is -2.30. The highest BCUT2D eigenvalue weighted by molar-refractivity contribution is 5.91. The number of carbonyl (C=O) groups is 1. The Kier molecular flexibility index (Phi) is 4.24. The lowest BCUT2D eigenvalue weighted by atomic mass is 10.0. The fourth-order valence-electron chi connectivity index (χ4n) is 2.66. The molecule has 1 aliphatic rings. The van der Waals surface area contributed by atoms with Crippen LogP contribution in [0.4, 0.5) is 5.82 Å². The molecule has 1 aliphatic heterocycles. The molecule has 1 saturated heterocycles. The van der Waals surface area contributed by atoms with Gasteiger partial charge >= 0.3 is 0 Å². The van der Waals surface area contributed by atoms with Crippen molar-refractivity contribution < 1.29 is 9.53 Å². The summed E-state index contributed by atoms with van der Waals surface area (Å²) in [5, 5.41) is 7.39. The topological polar surface area (TPSA) is 56.2 Å². The van der Waals surface area contributed by atoms with Crippen molar-refractivity contribution in [3.05, 3.63) is 41.6 Å². The van der Waals surface area contributed by atoms with Crippen LogP contribution < -0.4 is 5.32 Å². The standard InChI is InChI=1S/C17H21N3O2/c1-12-5-7-15(8-6-12)20-13(2)10-16(19-20)18-17(21)14-4-3-9-22-11-14/h5-8,10,14H,3-4,9,11H2,1-2H3,(H,18,19,21). The number of anilines is 1. The van der Waals surface area contributed by atoms with Gasteiger partial charge in [0.25, 0.3) is 0 Å². The number of carbonyl (C=O) groups excluding carboxylic acids is 1. The molecule has 1 aromatic heterocycles. The van der Waals surface area contributed by atoms with Crippen molar-refractivity contribution in [3.8, 4) is 5.69 Å². The van der Waals surface area contributed by atoms with Gasteiger partial charge in [-0.1, -0.05) is 17.7 Å². The summed E-state index contributed by atoms with van der Waals surface area (Å²) in [6.45, 7) is 5.29. The van der Waals surface area contributed by atoms with Crippen LogP contribution in [0, 0.1) is 19.8 Å². The second-order valence-electron chi connectivity index (χ2n) is 5.82. The molecular weight excluding hydrogens is 278 g/mol. The largest absolute Gasteiger partial charge is 0.381 e. The van der Waals surface area contributed by atoms with Gasteiger partial charge in [-0.25, -0.2) is 4.68 Å². The first-order valence-electron chi connectivity index (χ1n) is 7.66. The third-order valence-electron chi connectivity index (χ3n) is 3.95. The first-order valence-corrected chi connectivity index (χ1v) is 7.66. The van der Waals surface area contributed by atoms with Gasteiger partial charge in [-0.3, -0.25) is 4.79 Å². The summed E-state index contributed by atoms with van der Waals surface area (Å²) >= 11 is 0. The van der Waals surface area contributed by atoms with Crippen LogP contribution >= 0.6 is 0 Å². The first-order chi connectivity index (χ1) is 10.6. The number of nitrogens with one attached hydrogen (secondary N) is 1. The minimum Gasteiger partial charge on any atom is -0.381 e. The maximum Gasteiger partial charge on any atom is 0.231 e. The number of nitrogens with zero attached hydrogens (tertiary/aromatic N) is 2. The van der Waals surface area contributed by atoms with Gasteiger partial charge in [0.1, 0.15) is 0 Å². The smallest absolute Gasteiger partial charge is 0.231 e. The van der Waals surface area contributed by atoms with Crippen LogP contribution in [0.25, 0.3) is 5.69 Å². The summed E-state index contributed by atoms with van der Waals surface area (Å²) in [6, 6.07) is 10.0. The highest BCUT2D eigenvalue weighted by atomic mass is 16.5. The SMILES string of the molecule is Cc1ccc(-n2nc(NC(=O)C3CCCOC3)cc2C)cc1. The average molecular weight is 299 g/mol. The van der Waals surface area contributed by atoms with Gasteiger partial charge < -0.3 is 10.1 Å². The Hall–Kier alpha value is -2.14. The van der Waals surface area contributed by atoms with Gasteiger partial charge in [-0.05, 0) is 38.8 Å². The van der Waals surface area contributed by atoms with E-state index in [0.717, 1.165) is 30.8 Å². The molecule has 0 bridgehead atoms. The molecule has 0 saturated carbocycles. The molecule has 2 heterocycles. The van der Waals surface area contributed by atoms with Crippen molar-refractivity contribution in [2.45, 2.75) is 26.7 Å². The number of aromatic nitrogens is 2. The quantitative estimate of drug-likeness (QED) is 0.948. The zero-order valence-electron chi connectivity index (χ0n) is 13.0. The van der Waals surface area contributed by atoms with E-state index in [0.29, 0.717) is 12.4 Å². The number of ether oxygens (including phenoxy) is 1. The van der Waals surface area contributed by atoms with E-state index < -0.39 is 0 Å². The van der Waals surface area contributed by atoms with Crippen molar-refractivity contribution in [1.82, 2.24) is 9.78 Å². The van der Waals surface area contributed by atoms with Crippen molar-refractivity contribution in [3.63, 3.8) is 0 Å². The predicted molar refractivity (Wildman–Crippen MR) is 85.2 cm³/mol. The average Bonchev–Trinajstić information content (AvgIpc) is 2.89. The van der Waals surface area contributed by atoms with Crippen molar-refractivity contribution in [1.29, 1.82) is 0 Å². The van der Waals surface area contributed by atoms with E-state index in [1.807, 2.05) is 41.9 Å². The van der Waals surface area contributed by atoms with E-state index in [2.05, 4.69) is 17.3 Å². The maximum atomic E-state index is 12.2. The van der Waals surface area contributed by atoms with Crippen molar-refractivity contribution in [2.75, 3.05) is 18.5 Å². The van der Waals surface area contributed by atoms with Crippen LogP contribution in [0.3, 0.4) is 0 Å². The van der Waals surface area contributed by atoms with Gasteiger partial charge in [-0.15, -0.1) is 5.10 Å². The maximum absolute atomic E-state index is 12.2. The second kappa shape index (κ2) is 6.32. The number of rotatable bonds is 3. The number of hydrogen-bond acceptors (Lipinski definition) is 3. The first kappa shape index (κ1) is 14.8. The molecule has 5 heteroatoms. The van der Waals surface area contributed by atoms with Gasteiger partial charge in [0.2, 0.25) is 5.91 Å². The van der Waals surface area contributed by atoms with E-state index in [9.17, 15) is 4.79 Å². The van der Waals surface area contributed by atoms with Crippen LogP contribution in [0.2, 0.25) is 0 Å². The monoisotopic (exact) mass is 299 g/mol. The Balaban J connectivity index is 1.74. The summed E-state index contributed by atoms with van der Waals surface area (Å²) in [5.74, 6) is 0.514. The third-order valence-corrected chi connectivity index (χ3v) is 3.95. The number of amides is 1. The Bertz CT molecular complexity index is 655. The van der Waals surface area contributed by atoms with Crippen LogP contribution in [0.5, 0.6) is 0 Å². The molecule has 1 unspecified atom stereocenters. The summed E-state index contributed by atoms with van der Waals surface area (Å²) in [7, 11) is 0.